The molecule has 1 N–H and O–H groups in total. The molecule has 0 aromatic heterocycles. The molecule has 1 aliphatic rings. The maximum absolute atomic E-state index is 10.9. The van der Waals surface area contributed by atoms with Crippen LogP contribution in [0.1, 0.15) is 37.8 Å². The molecule has 2 aromatic rings. The van der Waals surface area contributed by atoms with Crippen molar-refractivity contribution in [3.05, 3.63) is 71.8 Å². The van der Waals surface area contributed by atoms with E-state index in [1.54, 1.807) is 0 Å². The summed E-state index contributed by atoms with van der Waals surface area (Å²) < 4.78 is 0. The third kappa shape index (κ3) is 2.06. The summed E-state index contributed by atoms with van der Waals surface area (Å²) >= 11 is 0. The zero-order chi connectivity index (χ0) is 14.2. The number of benzene rings is 2. The van der Waals surface area contributed by atoms with Crippen LogP contribution in [-0.2, 0) is 5.41 Å². The monoisotopic (exact) mass is 266 g/mol. The van der Waals surface area contributed by atoms with Crippen molar-refractivity contribution < 1.29 is 5.11 Å². The zero-order valence-electron chi connectivity index (χ0n) is 12.2. The van der Waals surface area contributed by atoms with Crippen LogP contribution in [0.25, 0.3) is 0 Å². The third-order valence-corrected chi connectivity index (χ3v) is 4.65. The average molecular weight is 266 g/mol. The largest absolute Gasteiger partial charge is 0.392 e. The molecular formula is C19H22O. The summed E-state index contributed by atoms with van der Waals surface area (Å²) in [5.41, 5.74) is 2.34. The highest BCUT2D eigenvalue weighted by molar-refractivity contribution is 5.43. The maximum atomic E-state index is 10.9. The minimum absolute atomic E-state index is 0.158. The Balaban J connectivity index is 2.20. The van der Waals surface area contributed by atoms with E-state index in [1.165, 1.54) is 11.1 Å². The first-order chi connectivity index (χ1) is 9.55. The lowest BCUT2D eigenvalue weighted by Crippen LogP contribution is -2.36. The van der Waals surface area contributed by atoms with Crippen molar-refractivity contribution in [2.45, 2.75) is 38.2 Å². The molecule has 20 heavy (non-hydrogen) atoms. The van der Waals surface area contributed by atoms with Gasteiger partial charge < -0.3 is 5.11 Å². The molecule has 1 saturated carbocycles. The molecule has 104 valence electrons. The minimum atomic E-state index is -0.331. The first-order valence-electron chi connectivity index (χ1n) is 7.34. The molecule has 0 heterocycles. The first kappa shape index (κ1) is 13.4. The number of aliphatic hydroxyl groups excluding tert-OH is 1. The van der Waals surface area contributed by atoms with Crippen molar-refractivity contribution >= 4 is 0 Å². The van der Waals surface area contributed by atoms with Crippen LogP contribution in [0.2, 0.25) is 0 Å². The molecule has 0 amide bonds. The van der Waals surface area contributed by atoms with Crippen molar-refractivity contribution in [3.63, 3.8) is 0 Å². The van der Waals surface area contributed by atoms with E-state index < -0.39 is 0 Å². The molecule has 0 spiro atoms. The van der Waals surface area contributed by atoms with Gasteiger partial charge in [-0.25, -0.2) is 0 Å². The van der Waals surface area contributed by atoms with Crippen LogP contribution in [-0.4, -0.2) is 11.2 Å². The predicted octanol–water partition coefficient (Wildman–Crippen LogP) is 4.15. The number of hydrogen-bond donors (Lipinski definition) is 1. The highest BCUT2D eigenvalue weighted by Gasteiger charge is 2.51. The Bertz CT molecular complexity index is 532. The molecule has 0 radical (unpaired) electrons. The predicted molar refractivity (Wildman–Crippen MR) is 82.7 cm³/mol. The third-order valence-electron chi connectivity index (χ3n) is 4.65. The van der Waals surface area contributed by atoms with Gasteiger partial charge in [-0.15, -0.1) is 0 Å². The fourth-order valence-electron chi connectivity index (χ4n) is 3.87. The average Bonchev–Trinajstić information content (AvgIpc) is 2.71. The smallest absolute Gasteiger partial charge is 0.0682 e. The zero-order valence-corrected chi connectivity index (χ0v) is 12.2. The van der Waals surface area contributed by atoms with Gasteiger partial charge in [-0.1, -0.05) is 74.5 Å². The lowest BCUT2D eigenvalue weighted by molar-refractivity contribution is 0.123. The molecule has 0 bridgehead atoms. The van der Waals surface area contributed by atoms with E-state index in [9.17, 15) is 5.11 Å². The first-order valence-corrected chi connectivity index (χ1v) is 7.34. The van der Waals surface area contributed by atoms with Crippen LogP contribution in [0.5, 0.6) is 0 Å². The van der Waals surface area contributed by atoms with E-state index in [2.05, 4.69) is 62.4 Å². The number of hydrogen-bond acceptors (Lipinski definition) is 1. The van der Waals surface area contributed by atoms with E-state index >= 15 is 0 Å². The quantitative estimate of drug-likeness (QED) is 0.865. The Hall–Kier alpha value is -1.60. The van der Waals surface area contributed by atoms with Gasteiger partial charge in [0, 0.05) is 5.41 Å². The van der Waals surface area contributed by atoms with Crippen molar-refractivity contribution in [3.8, 4) is 0 Å². The summed E-state index contributed by atoms with van der Waals surface area (Å²) in [4.78, 5) is 0. The Morgan fingerprint density at radius 1 is 0.850 bits per heavy atom. The van der Waals surface area contributed by atoms with Gasteiger partial charge in [0.15, 0.2) is 0 Å². The molecule has 1 heteroatoms. The van der Waals surface area contributed by atoms with E-state index in [4.69, 9.17) is 0 Å². The number of aliphatic hydroxyl groups is 1. The fourth-order valence-corrected chi connectivity index (χ4v) is 3.87. The molecular weight excluding hydrogens is 244 g/mol. The lowest BCUT2D eigenvalue weighted by atomic mass is 9.70. The molecule has 0 aliphatic heterocycles. The molecule has 1 nitrogen and oxygen atoms in total. The normalized spacial score (nSPS) is 23.6. The SMILES string of the molecule is CC1(C)CC(O)C(c2ccccc2)(c2ccccc2)C1. The molecule has 1 aliphatic carbocycles. The van der Waals surface area contributed by atoms with Gasteiger partial charge >= 0.3 is 0 Å². The van der Waals surface area contributed by atoms with Gasteiger partial charge in [-0.05, 0) is 29.4 Å². The van der Waals surface area contributed by atoms with Crippen LogP contribution < -0.4 is 0 Å². The summed E-state index contributed by atoms with van der Waals surface area (Å²) in [7, 11) is 0. The van der Waals surface area contributed by atoms with Crippen LogP contribution >= 0.6 is 0 Å². The molecule has 1 fully saturated rings. The van der Waals surface area contributed by atoms with E-state index in [0.29, 0.717) is 0 Å². The standard InChI is InChI=1S/C19H22O/c1-18(2)13-17(20)19(14-18,15-9-5-3-6-10-15)16-11-7-4-8-12-16/h3-12,17,20H,13-14H2,1-2H3. The van der Waals surface area contributed by atoms with Gasteiger partial charge in [0.1, 0.15) is 0 Å². The van der Waals surface area contributed by atoms with Crippen LogP contribution in [0, 0.1) is 5.41 Å². The second-order valence-corrected chi connectivity index (χ2v) is 6.76. The van der Waals surface area contributed by atoms with Gasteiger partial charge in [-0.2, -0.15) is 0 Å². The lowest BCUT2D eigenvalue weighted by Gasteiger charge is -2.35. The molecule has 2 aromatic carbocycles. The topological polar surface area (TPSA) is 20.2 Å². The Labute approximate surface area is 121 Å². The highest BCUT2D eigenvalue weighted by atomic mass is 16.3. The fraction of sp³-hybridized carbons (Fsp3) is 0.368. The summed E-state index contributed by atoms with van der Waals surface area (Å²) in [6.07, 6.45) is 1.49. The van der Waals surface area contributed by atoms with E-state index in [-0.39, 0.29) is 16.9 Å². The van der Waals surface area contributed by atoms with Gasteiger partial charge in [0.25, 0.3) is 0 Å². The summed E-state index contributed by atoms with van der Waals surface area (Å²) in [5.74, 6) is 0. The second kappa shape index (κ2) is 4.75. The molecule has 0 saturated heterocycles. The second-order valence-electron chi connectivity index (χ2n) is 6.76. The van der Waals surface area contributed by atoms with Crippen molar-refractivity contribution in [2.75, 3.05) is 0 Å². The Morgan fingerprint density at radius 2 is 1.30 bits per heavy atom. The molecule has 1 unspecified atom stereocenters. The van der Waals surface area contributed by atoms with Crippen LogP contribution in [0.15, 0.2) is 60.7 Å². The van der Waals surface area contributed by atoms with Gasteiger partial charge in [0.2, 0.25) is 0 Å². The molecule has 1 atom stereocenters. The van der Waals surface area contributed by atoms with E-state index in [0.717, 1.165) is 12.8 Å². The Kier molecular flexibility index (Phi) is 3.18. The van der Waals surface area contributed by atoms with E-state index in [1.807, 2.05) is 12.1 Å². The minimum Gasteiger partial charge on any atom is -0.392 e. The summed E-state index contributed by atoms with van der Waals surface area (Å²) in [5, 5.41) is 10.9. The van der Waals surface area contributed by atoms with Crippen LogP contribution in [0.4, 0.5) is 0 Å². The highest BCUT2D eigenvalue weighted by Crippen LogP contribution is 2.54. The molecule has 3 rings (SSSR count). The Morgan fingerprint density at radius 3 is 1.65 bits per heavy atom. The summed E-state index contributed by atoms with van der Waals surface area (Å²) in [6, 6.07) is 20.9. The summed E-state index contributed by atoms with van der Waals surface area (Å²) in [6.45, 7) is 4.51. The van der Waals surface area contributed by atoms with Crippen molar-refractivity contribution in [1.29, 1.82) is 0 Å². The number of rotatable bonds is 2. The van der Waals surface area contributed by atoms with Crippen molar-refractivity contribution in [1.82, 2.24) is 0 Å². The van der Waals surface area contributed by atoms with Crippen LogP contribution in [0.3, 0.4) is 0 Å². The van der Waals surface area contributed by atoms with Gasteiger partial charge in [-0.3, -0.25) is 0 Å². The van der Waals surface area contributed by atoms with Gasteiger partial charge in [0.05, 0.1) is 6.10 Å². The van der Waals surface area contributed by atoms with Crippen molar-refractivity contribution in [2.24, 2.45) is 5.41 Å². The maximum Gasteiger partial charge on any atom is 0.0682 e.